The molecule has 0 atom stereocenters. The van der Waals surface area contributed by atoms with Gasteiger partial charge in [0.2, 0.25) is 5.82 Å². The minimum absolute atomic E-state index is 0.0440. The summed E-state index contributed by atoms with van der Waals surface area (Å²) in [4.78, 5) is 23.2. The van der Waals surface area contributed by atoms with Gasteiger partial charge in [0.25, 0.3) is 11.6 Å². The number of hydrogen-bond donors (Lipinski definition) is 0. The van der Waals surface area contributed by atoms with Gasteiger partial charge in [-0.1, -0.05) is 15.9 Å². The maximum Gasteiger partial charge on any atom is 0.280 e. The fourth-order valence-electron chi connectivity index (χ4n) is 3.58. The molecule has 3 aromatic rings. The number of rotatable bonds is 7. The van der Waals surface area contributed by atoms with Crippen molar-refractivity contribution in [1.82, 2.24) is 0 Å². The number of nitro groups is 1. The van der Waals surface area contributed by atoms with Crippen LogP contribution in [0.2, 0.25) is 0 Å². The van der Waals surface area contributed by atoms with E-state index in [1.165, 1.54) is 56.5 Å². The van der Waals surface area contributed by atoms with E-state index < -0.39 is 45.6 Å². The van der Waals surface area contributed by atoms with Gasteiger partial charge in [-0.15, -0.1) is 0 Å². The largest absolute Gasteiger partial charge is 0.493 e. The first-order valence-electron chi connectivity index (χ1n) is 10.8. The Morgan fingerprint density at radius 3 is 2.15 bits per heavy atom. The number of amides is 1. The van der Waals surface area contributed by atoms with Crippen LogP contribution in [0.1, 0.15) is 18.1 Å². The van der Waals surface area contributed by atoms with Gasteiger partial charge in [-0.05, 0) is 48.4 Å². The molecule has 0 saturated carbocycles. The van der Waals surface area contributed by atoms with Gasteiger partial charge in [-0.3, -0.25) is 14.9 Å². The second kappa shape index (κ2) is 10.8. The molecule has 0 radical (unpaired) electrons. The Kier molecular flexibility index (Phi) is 7.67. The zero-order valence-electron chi connectivity index (χ0n) is 19.9. The number of anilines is 1. The van der Waals surface area contributed by atoms with Gasteiger partial charge in [0.15, 0.2) is 34.8 Å². The van der Waals surface area contributed by atoms with E-state index in [2.05, 4.69) is 21.0 Å². The van der Waals surface area contributed by atoms with Crippen molar-refractivity contribution in [3.8, 4) is 11.5 Å². The Hall–Kier alpha value is -4.33. The van der Waals surface area contributed by atoms with E-state index in [4.69, 9.17) is 9.47 Å². The number of nitro benzene ring substituents is 1. The minimum atomic E-state index is -2.36. The molecule has 1 heterocycles. The average molecular weight is 612 g/mol. The van der Waals surface area contributed by atoms with Crippen LogP contribution in [0.4, 0.5) is 33.3 Å². The molecule has 0 aromatic heterocycles. The summed E-state index contributed by atoms with van der Waals surface area (Å²) in [6.45, 7) is 1.37. The Morgan fingerprint density at radius 1 is 1.00 bits per heavy atom. The van der Waals surface area contributed by atoms with Gasteiger partial charge in [0, 0.05) is 16.6 Å². The number of hydrogen-bond acceptors (Lipinski definition) is 6. The van der Waals surface area contributed by atoms with Crippen molar-refractivity contribution in [3.05, 3.63) is 96.8 Å². The number of ether oxygens (including phenoxy) is 2. The molecular formula is C25H15BrF5N3O5. The molecule has 39 heavy (non-hydrogen) atoms. The topological polar surface area (TPSA) is 94.3 Å². The van der Waals surface area contributed by atoms with Gasteiger partial charge in [-0.25, -0.2) is 22.0 Å². The molecule has 1 aliphatic rings. The summed E-state index contributed by atoms with van der Waals surface area (Å²) in [6.07, 6.45) is 1.29. The highest BCUT2D eigenvalue weighted by molar-refractivity contribution is 9.10. The summed E-state index contributed by atoms with van der Waals surface area (Å²) in [5.74, 6) is -11.8. The highest BCUT2D eigenvalue weighted by Gasteiger charge is 2.37. The number of non-ortho nitro benzene ring substituents is 1. The van der Waals surface area contributed by atoms with E-state index in [9.17, 15) is 36.9 Å². The lowest BCUT2D eigenvalue weighted by atomic mass is 10.1. The van der Waals surface area contributed by atoms with Crippen LogP contribution >= 0.6 is 15.9 Å². The first-order valence-corrected chi connectivity index (χ1v) is 11.6. The minimum Gasteiger partial charge on any atom is -0.493 e. The van der Waals surface area contributed by atoms with E-state index in [1.807, 2.05) is 0 Å². The second-order valence-corrected chi connectivity index (χ2v) is 8.87. The molecule has 0 saturated heterocycles. The van der Waals surface area contributed by atoms with Crippen molar-refractivity contribution >= 4 is 45.0 Å². The number of nitrogens with zero attached hydrogens (tertiary/aromatic N) is 3. The molecule has 0 aliphatic carbocycles. The third kappa shape index (κ3) is 5.19. The van der Waals surface area contributed by atoms with E-state index in [1.54, 1.807) is 0 Å². The Balaban J connectivity index is 1.62. The number of carbonyl (C=O) groups is 1. The molecule has 202 valence electrons. The molecule has 0 fully saturated rings. The Labute approximate surface area is 225 Å². The standard InChI is InChI=1S/C25H15BrF5N3O5/c1-11-15(25(35)33(32-11)24-22(30)20(28)19(27)21(29)23(24)31)7-13-8-17(38-2)18(9-16(13)26)39-10-12-3-5-14(6-4-12)34(36)37/h3-9H,10H2,1-2H3/b15-7+. The third-order valence-corrected chi connectivity index (χ3v) is 6.27. The number of hydrazone groups is 1. The van der Waals surface area contributed by atoms with E-state index in [-0.39, 0.29) is 40.1 Å². The first-order chi connectivity index (χ1) is 18.4. The van der Waals surface area contributed by atoms with Crippen molar-refractivity contribution in [1.29, 1.82) is 0 Å². The zero-order chi connectivity index (χ0) is 28.6. The summed E-state index contributed by atoms with van der Waals surface area (Å²) in [7, 11) is 1.36. The summed E-state index contributed by atoms with van der Waals surface area (Å²) in [6, 6.07) is 8.72. The number of benzene rings is 3. The van der Waals surface area contributed by atoms with Crippen molar-refractivity contribution in [2.75, 3.05) is 12.1 Å². The lowest BCUT2D eigenvalue weighted by Gasteiger charge is -2.15. The molecule has 1 amide bonds. The maximum atomic E-state index is 14.3. The average Bonchev–Trinajstić information content (AvgIpc) is 3.19. The molecule has 0 bridgehead atoms. The van der Waals surface area contributed by atoms with Crippen LogP contribution in [0.15, 0.2) is 51.5 Å². The van der Waals surface area contributed by atoms with Gasteiger partial charge < -0.3 is 9.47 Å². The predicted molar refractivity (Wildman–Crippen MR) is 133 cm³/mol. The van der Waals surface area contributed by atoms with Crippen LogP contribution in [0.25, 0.3) is 6.08 Å². The van der Waals surface area contributed by atoms with Gasteiger partial charge >= 0.3 is 0 Å². The highest BCUT2D eigenvalue weighted by atomic mass is 79.9. The Morgan fingerprint density at radius 2 is 1.59 bits per heavy atom. The summed E-state index contributed by atoms with van der Waals surface area (Å²) >= 11 is 3.34. The van der Waals surface area contributed by atoms with Crippen LogP contribution in [0.5, 0.6) is 11.5 Å². The first kappa shape index (κ1) is 27.7. The SMILES string of the molecule is COc1cc(/C=C2/C(=O)N(c3c(F)c(F)c(F)c(F)c3F)N=C2C)c(Br)cc1OCc1ccc([N+](=O)[O-])cc1. The lowest BCUT2D eigenvalue weighted by molar-refractivity contribution is -0.384. The van der Waals surface area contributed by atoms with Gasteiger partial charge in [0.1, 0.15) is 12.3 Å². The van der Waals surface area contributed by atoms with Crippen LogP contribution in [-0.4, -0.2) is 23.7 Å². The molecule has 14 heteroatoms. The van der Waals surface area contributed by atoms with Gasteiger partial charge in [-0.2, -0.15) is 10.1 Å². The van der Waals surface area contributed by atoms with Crippen LogP contribution in [0.3, 0.4) is 0 Å². The molecule has 0 N–H and O–H groups in total. The maximum absolute atomic E-state index is 14.3. The molecule has 4 rings (SSSR count). The number of carbonyl (C=O) groups excluding carboxylic acids is 1. The van der Waals surface area contributed by atoms with E-state index in [0.29, 0.717) is 15.6 Å². The molecule has 8 nitrogen and oxygen atoms in total. The van der Waals surface area contributed by atoms with Crippen LogP contribution in [0, 0.1) is 39.2 Å². The predicted octanol–water partition coefficient (Wildman–Crippen LogP) is 6.45. The van der Waals surface area contributed by atoms with Crippen molar-refractivity contribution < 1.29 is 41.1 Å². The Bertz CT molecular complexity index is 1550. The fourth-order valence-corrected chi connectivity index (χ4v) is 4.02. The van der Waals surface area contributed by atoms with Crippen molar-refractivity contribution in [2.24, 2.45) is 5.10 Å². The molecule has 0 unspecified atom stereocenters. The number of methoxy groups -OCH3 is 1. The molecular weight excluding hydrogens is 597 g/mol. The summed E-state index contributed by atoms with van der Waals surface area (Å²) in [5.41, 5.74) is -0.816. The summed E-state index contributed by atoms with van der Waals surface area (Å²) < 4.78 is 80.9. The molecule has 0 spiro atoms. The lowest BCUT2D eigenvalue weighted by Crippen LogP contribution is -2.25. The van der Waals surface area contributed by atoms with Gasteiger partial charge in [0.05, 0.1) is 23.3 Å². The second-order valence-electron chi connectivity index (χ2n) is 8.02. The van der Waals surface area contributed by atoms with Crippen molar-refractivity contribution in [3.63, 3.8) is 0 Å². The number of halogens is 6. The van der Waals surface area contributed by atoms with Crippen LogP contribution in [-0.2, 0) is 11.4 Å². The highest BCUT2D eigenvalue weighted by Crippen LogP contribution is 2.37. The monoisotopic (exact) mass is 611 g/mol. The zero-order valence-corrected chi connectivity index (χ0v) is 21.5. The smallest absolute Gasteiger partial charge is 0.280 e. The fraction of sp³-hybridized carbons (Fsp3) is 0.120. The molecule has 3 aromatic carbocycles. The molecule has 1 aliphatic heterocycles. The van der Waals surface area contributed by atoms with Crippen molar-refractivity contribution in [2.45, 2.75) is 13.5 Å². The van der Waals surface area contributed by atoms with E-state index in [0.717, 1.165) is 0 Å². The normalized spacial score (nSPS) is 14.2. The quantitative estimate of drug-likeness (QED) is 0.0764. The summed E-state index contributed by atoms with van der Waals surface area (Å²) in [5, 5.41) is 14.6. The third-order valence-electron chi connectivity index (χ3n) is 5.59. The van der Waals surface area contributed by atoms with Crippen LogP contribution < -0.4 is 14.5 Å². The van der Waals surface area contributed by atoms with E-state index >= 15 is 0 Å².